The quantitative estimate of drug-likeness (QED) is 0.381. The van der Waals surface area contributed by atoms with E-state index in [0.29, 0.717) is 17.0 Å². The second-order valence-electron chi connectivity index (χ2n) is 8.01. The summed E-state index contributed by atoms with van der Waals surface area (Å²) >= 11 is 0. The normalized spacial score (nSPS) is 20.2. The Balaban J connectivity index is 1.46. The van der Waals surface area contributed by atoms with E-state index < -0.39 is 12.7 Å². The van der Waals surface area contributed by atoms with Gasteiger partial charge in [0.05, 0.1) is 5.69 Å². The van der Waals surface area contributed by atoms with Gasteiger partial charge >= 0.3 is 0 Å². The van der Waals surface area contributed by atoms with E-state index in [9.17, 15) is 0 Å². The summed E-state index contributed by atoms with van der Waals surface area (Å²) in [6.07, 6.45) is -3.07. The van der Waals surface area contributed by atoms with Crippen LogP contribution in [0.4, 0.5) is 0 Å². The van der Waals surface area contributed by atoms with Crippen molar-refractivity contribution in [1.82, 2.24) is 4.98 Å². The highest BCUT2D eigenvalue weighted by molar-refractivity contribution is 6.98. The second-order valence-corrected chi connectivity index (χ2v) is 8.01. The Hall–Kier alpha value is -3.53. The third-order valence-electron chi connectivity index (χ3n) is 6.24. The fraction of sp³-hybridized carbons (Fsp3) is 0.148. The largest absolute Gasteiger partial charge is 0.458 e. The van der Waals surface area contributed by atoms with Crippen molar-refractivity contribution in [2.75, 3.05) is 0 Å². The van der Waals surface area contributed by atoms with Gasteiger partial charge in [-0.2, -0.15) is 0 Å². The van der Waals surface area contributed by atoms with Gasteiger partial charge in [-0.15, -0.1) is 0 Å². The first-order valence-corrected chi connectivity index (χ1v) is 10.6. The molecule has 0 N–H and O–H groups in total. The number of hydrogen-bond donors (Lipinski definition) is 0. The first-order chi connectivity index (χ1) is 16.8. The molecule has 3 heterocycles. The standard InChI is InChI=1S/C27H20BNO2/c1-4-10-21-17(7-1)13-15-22(29-21)18-14-16-25-26-27(18)31-24-12-6-3-9-20(24)28(26)19-8-2-5-11-23(19)30-25/h2-3,5-6,8-9,11-16H,1,4,7,10H2/i7D2,10D2. The molecule has 1 aliphatic carbocycles. The summed E-state index contributed by atoms with van der Waals surface area (Å²) in [6.45, 7) is -0.0620. The van der Waals surface area contributed by atoms with Crippen molar-refractivity contribution >= 4 is 23.1 Å². The maximum absolute atomic E-state index is 8.50. The van der Waals surface area contributed by atoms with Crippen LogP contribution < -0.4 is 25.9 Å². The van der Waals surface area contributed by atoms with Crippen LogP contribution in [0.15, 0.2) is 72.8 Å². The molecule has 0 unspecified atom stereocenters. The maximum atomic E-state index is 8.50. The number of ether oxygens (including phenoxy) is 2. The van der Waals surface area contributed by atoms with Gasteiger partial charge in [-0.25, -0.2) is 0 Å². The molecule has 0 spiro atoms. The van der Waals surface area contributed by atoms with Gasteiger partial charge in [-0.1, -0.05) is 42.5 Å². The van der Waals surface area contributed by atoms with Gasteiger partial charge in [0.15, 0.2) is 0 Å². The van der Waals surface area contributed by atoms with Gasteiger partial charge in [0.25, 0.3) is 6.71 Å². The average molecular weight is 405 g/mol. The number of para-hydroxylation sites is 2. The molecule has 4 aromatic rings. The van der Waals surface area contributed by atoms with Crippen LogP contribution in [0.5, 0.6) is 23.0 Å². The van der Waals surface area contributed by atoms with Gasteiger partial charge < -0.3 is 9.47 Å². The summed E-state index contributed by atoms with van der Waals surface area (Å²) < 4.78 is 46.5. The minimum Gasteiger partial charge on any atom is -0.458 e. The Bertz CT molecular complexity index is 1530. The molecule has 0 atom stereocenters. The summed E-state index contributed by atoms with van der Waals surface area (Å²) in [5, 5.41) is 0. The minimum absolute atomic E-state index is 0.0620. The van der Waals surface area contributed by atoms with E-state index in [0.717, 1.165) is 39.2 Å². The van der Waals surface area contributed by atoms with E-state index in [-0.39, 0.29) is 25.2 Å². The molecular weight excluding hydrogens is 381 g/mol. The van der Waals surface area contributed by atoms with E-state index in [4.69, 9.17) is 19.9 Å². The summed E-state index contributed by atoms with van der Waals surface area (Å²) in [6, 6.07) is 23.3. The van der Waals surface area contributed by atoms with Crippen LogP contribution in [0.2, 0.25) is 0 Å². The zero-order valence-electron chi connectivity index (χ0n) is 20.7. The molecule has 31 heavy (non-hydrogen) atoms. The number of nitrogens with zero attached hydrogens (tertiary/aromatic N) is 1. The number of fused-ring (bicyclic) bond motifs is 5. The van der Waals surface area contributed by atoms with Crippen LogP contribution in [-0.4, -0.2) is 11.7 Å². The lowest BCUT2D eigenvalue weighted by Crippen LogP contribution is -2.57. The fourth-order valence-corrected chi connectivity index (χ4v) is 4.85. The highest BCUT2D eigenvalue weighted by Gasteiger charge is 2.41. The summed E-state index contributed by atoms with van der Waals surface area (Å²) in [5.74, 6) is 2.96. The zero-order valence-corrected chi connectivity index (χ0v) is 16.7. The van der Waals surface area contributed by atoms with Crippen molar-refractivity contribution in [3.05, 3.63) is 84.1 Å². The number of aromatic nitrogens is 1. The molecule has 0 radical (unpaired) electrons. The number of aryl methyl sites for hydroxylation is 2. The van der Waals surface area contributed by atoms with Crippen LogP contribution in [0.25, 0.3) is 11.3 Å². The van der Waals surface area contributed by atoms with Crippen molar-refractivity contribution in [2.24, 2.45) is 0 Å². The van der Waals surface area contributed by atoms with Crippen LogP contribution in [-0.2, 0) is 12.7 Å². The molecule has 1 aromatic heterocycles. The van der Waals surface area contributed by atoms with E-state index in [2.05, 4.69) is 12.1 Å². The minimum atomic E-state index is -1.69. The van der Waals surface area contributed by atoms with E-state index in [1.54, 1.807) is 12.1 Å². The molecule has 0 bridgehead atoms. The average Bonchev–Trinajstić information content (AvgIpc) is 2.86. The number of pyridine rings is 1. The monoisotopic (exact) mass is 405 g/mol. The lowest BCUT2D eigenvalue weighted by Gasteiger charge is -2.33. The van der Waals surface area contributed by atoms with E-state index >= 15 is 0 Å². The summed E-state index contributed by atoms with van der Waals surface area (Å²) in [5.41, 5.74) is 4.85. The summed E-state index contributed by atoms with van der Waals surface area (Å²) in [7, 11) is 0. The lowest BCUT2D eigenvalue weighted by atomic mass is 9.34. The van der Waals surface area contributed by atoms with Crippen molar-refractivity contribution < 1.29 is 15.0 Å². The Morgan fingerprint density at radius 1 is 0.742 bits per heavy atom. The van der Waals surface area contributed by atoms with Crippen molar-refractivity contribution in [2.45, 2.75) is 25.6 Å². The second kappa shape index (κ2) is 6.48. The highest BCUT2D eigenvalue weighted by Crippen LogP contribution is 2.40. The fourth-order valence-electron chi connectivity index (χ4n) is 4.85. The third-order valence-corrected chi connectivity index (χ3v) is 6.24. The number of rotatable bonds is 1. The van der Waals surface area contributed by atoms with Gasteiger partial charge in [-0.05, 0) is 72.4 Å². The van der Waals surface area contributed by atoms with Crippen LogP contribution in [0, 0.1) is 0 Å². The van der Waals surface area contributed by atoms with Crippen molar-refractivity contribution in [3.8, 4) is 34.3 Å². The first-order valence-electron chi connectivity index (χ1n) is 12.6. The van der Waals surface area contributed by atoms with E-state index in [1.165, 1.54) is 0 Å². The topological polar surface area (TPSA) is 31.4 Å². The predicted octanol–water partition coefficient (Wildman–Crippen LogP) is 4.36. The molecule has 7 rings (SSSR count). The molecule has 0 saturated heterocycles. The summed E-state index contributed by atoms with van der Waals surface area (Å²) in [4.78, 5) is 4.70. The van der Waals surface area contributed by atoms with Crippen molar-refractivity contribution in [1.29, 1.82) is 0 Å². The van der Waals surface area contributed by atoms with Crippen LogP contribution in [0.1, 0.15) is 29.6 Å². The lowest BCUT2D eigenvalue weighted by molar-refractivity contribution is 0.465. The van der Waals surface area contributed by atoms with Crippen LogP contribution in [0.3, 0.4) is 0 Å². The third kappa shape index (κ3) is 2.51. The molecule has 148 valence electrons. The molecule has 0 amide bonds. The Morgan fingerprint density at radius 3 is 2.32 bits per heavy atom. The maximum Gasteiger partial charge on any atom is 0.260 e. The Kier molecular flexibility index (Phi) is 2.87. The molecule has 2 aliphatic heterocycles. The number of hydrogen-bond acceptors (Lipinski definition) is 3. The molecule has 3 aliphatic rings. The van der Waals surface area contributed by atoms with Gasteiger partial charge in [-0.3, -0.25) is 4.98 Å². The van der Waals surface area contributed by atoms with E-state index in [1.807, 2.05) is 48.5 Å². The number of benzene rings is 3. The van der Waals surface area contributed by atoms with Gasteiger partial charge in [0.2, 0.25) is 0 Å². The molecule has 0 fully saturated rings. The van der Waals surface area contributed by atoms with Crippen LogP contribution >= 0.6 is 0 Å². The van der Waals surface area contributed by atoms with Gasteiger partial charge in [0, 0.05) is 22.2 Å². The van der Waals surface area contributed by atoms with Crippen molar-refractivity contribution in [3.63, 3.8) is 0 Å². The molecule has 3 nitrogen and oxygen atoms in total. The Labute approximate surface area is 187 Å². The molecule has 3 aromatic carbocycles. The van der Waals surface area contributed by atoms with Gasteiger partial charge in [0.1, 0.15) is 23.0 Å². The smallest absolute Gasteiger partial charge is 0.260 e. The Morgan fingerprint density at radius 2 is 1.48 bits per heavy atom. The SMILES string of the molecule is [2H]C1([2H])CCC([2H])([2H])c2nc(-c3ccc4c5c3Oc3ccccc3B5c3ccccc3O4)ccc21. The zero-order chi connectivity index (χ0) is 23.9. The predicted molar refractivity (Wildman–Crippen MR) is 124 cm³/mol. The molecule has 0 saturated carbocycles. The first kappa shape index (κ1) is 13.7. The highest BCUT2D eigenvalue weighted by atomic mass is 16.5. The molecule has 4 heteroatoms. The molecular formula is C27H20BNO2.